The zero-order valence-electron chi connectivity index (χ0n) is 23.6. The number of amides is 2. The summed E-state index contributed by atoms with van der Waals surface area (Å²) in [6, 6.07) is 20.7. The molecular weight excluding hydrogens is 510 g/mol. The molecule has 0 spiro atoms. The predicted molar refractivity (Wildman–Crippen MR) is 156 cm³/mol. The van der Waals surface area contributed by atoms with Crippen molar-refractivity contribution in [3.05, 3.63) is 95.1 Å². The molecule has 1 N–H and O–H groups in total. The Kier molecular flexibility index (Phi) is 9.92. The van der Waals surface area contributed by atoms with Crippen LogP contribution in [0.5, 0.6) is 0 Å². The second kappa shape index (κ2) is 12.9. The number of carbonyl (C=O) groups excluding carboxylic acids is 2. The highest BCUT2D eigenvalue weighted by Gasteiger charge is 2.33. The minimum absolute atomic E-state index is 0.0964. The lowest BCUT2D eigenvalue weighted by atomic mass is 10.1. The molecule has 0 aliphatic rings. The van der Waals surface area contributed by atoms with Gasteiger partial charge in [0.15, 0.2) is 0 Å². The van der Waals surface area contributed by atoms with E-state index in [9.17, 15) is 18.0 Å². The fourth-order valence-corrected chi connectivity index (χ4v) is 5.62. The van der Waals surface area contributed by atoms with Crippen molar-refractivity contribution >= 4 is 27.5 Å². The standard InChI is InChI=1S/C31H39N3O4S/c1-22(2)19-32-31(36)26(6)33(20-27-10-8-7-9-11-27)30(35)21-34(29-18-24(4)12-15-25(29)5)39(37,38)28-16-13-23(3)14-17-28/h7-18,22,26H,19-21H2,1-6H3,(H,32,36)/t26-/m0/s1. The minimum Gasteiger partial charge on any atom is -0.354 e. The van der Waals surface area contributed by atoms with Crippen molar-refractivity contribution in [2.45, 2.75) is 59.0 Å². The Labute approximate surface area is 232 Å². The van der Waals surface area contributed by atoms with E-state index in [-0.39, 0.29) is 23.3 Å². The molecule has 0 fully saturated rings. The van der Waals surface area contributed by atoms with Gasteiger partial charge in [0.05, 0.1) is 10.6 Å². The van der Waals surface area contributed by atoms with Crippen molar-refractivity contribution < 1.29 is 18.0 Å². The zero-order chi connectivity index (χ0) is 28.7. The van der Waals surface area contributed by atoms with Gasteiger partial charge < -0.3 is 10.2 Å². The molecule has 1 atom stereocenters. The van der Waals surface area contributed by atoms with Crippen LogP contribution in [0.4, 0.5) is 5.69 Å². The maximum atomic E-state index is 14.0. The van der Waals surface area contributed by atoms with E-state index in [4.69, 9.17) is 0 Å². The number of hydrogen-bond donors (Lipinski definition) is 1. The Bertz CT molecular complexity index is 1390. The molecule has 0 saturated carbocycles. The van der Waals surface area contributed by atoms with Crippen LogP contribution in [0.15, 0.2) is 77.7 Å². The topological polar surface area (TPSA) is 86.8 Å². The highest BCUT2D eigenvalue weighted by Crippen LogP contribution is 2.28. The van der Waals surface area contributed by atoms with Crippen molar-refractivity contribution in [3.8, 4) is 0 Å². The average Bonchev–Trinajstić information content (AvgIpc) is 2.90. The first kappa shape index (κ1) is 29.9. The van der Waals surface area contributed by atoms with E-state index in [0.717, 1.165) is 22.3 Å². The molecule has 0 unspecified atom stereocenters. The van der Waals surface area contributed by atoms with E-state index in [1.54, 1.807) is 37.3 Å². The smallest absolute Gasteiger partial charge is 0.264 e. The molecule has 2 amide bonds. The Hall–Kier alpha value is -3.65. The van der Waals surface area contributed by atoms with Crippen LogP contribution in [-0.4, -0.2) is 44.3 Å². The van der Waals surface area contributed by atoms with E-state index in [1.807, 2.05) is 77.1 Å². The SMILES string of the molecule is Cc1ccc(S(=O)(=O)N(CC(=O)N(Cc2ccccc2)[C@@H](C)C(=O)NCC(C)C)c2cc(C)ccc2C)cc1. The van der Waals surface area contributed by atoms with E-state index >= 15 is 0 Å². The number of nitrogens with zero attached hydrogens (tertiary/aromatic N) is 2. The first-order valence-electron chi connectivity index (χ1n) is 13.2. The third-order valence-electron chi connectivity index (χ3n) is 6.57. The van der Waals surface area contributed by atoms with Crippen LogP contribution in [0.3, 0.4) is 0 Å². The molecule has 0 bridgehead atoms. The summed E-state index contributed by atoms with van der Waals surface area (Å²) in [4.78, 5) is 28.6. The Morgan fingerprint density at radius 3 is 2.08 bits per heavy atom. The Morgan fingerprint density at radius 2 is 1.46 bits per heavy atom. The molecule has 3 rings (SSSR count). The number of sulfonamides is 1. The van der Waals surface area contributed by atoms with Crippen LogP contribution in [0.1, 0.15) is 43.0 Å². The molecular formula is C31H39N3O4S. The summed E-state index contributed by atoms with van der Waals surface area (Å²) in [6.45, 7) is 11.4. The highest BCUT2D eigenvalue weighted by molar-refractivity contribution is 7.92. The monoisotopic (exact) mass is 549 g/mol. The lowest BCUT2D eigenvalue weighted by Crippen LogP contribution is -2.51. The van der Waals surface area contributed by atoms with Crippen LogP contribution in [0.2, 0.25) is 0 Å². The first-order chi connectivity index (χ1) is 18.4. The summed E-state index contributed by atoms with van der Waals surface area (Å²) >= 11 is 0. The van der Waals surface area contributed by atoms with E-state index in [1.165, 1.54) is 9.21 Å². The van der Waals surface area contributed by atoms with Crippen LogP contribution < -0.4 is 9.62 Å². The normalized spacial score (nSPS) is 12.2. The van der Waals surface area contributed by atoms with Crippen molar-refractivity contribution in [1.29, 1.82) is 0 Å². The van der Waals surface area contributed by atoms with Crippen molar-refractivity contribution in [3.63, 3.8) is 0 Å². The summed E-state index contributed by atoms with van der Waals surface area (Å²) in [5.74, 6) is -0.505. The number of hydrogen-bond acceptors (Lipinski definition) is 4. The molecule has 3 aromatic carbocycles. The van der Waals surface area contributed by atoms with Gasteiger partial charge in [-0.25, -0.2) is 8.42 Å². The molecule has 208 valence electrons. The van der Waals surface area contributed by atoms with Gasteiger partial charge >= 0.3 is 0 Å². The summed E-state index contributed by atoms with van der Waals surface area (Å²) in [7, 11) is -4.09. The minimum atomic E-state index is -4.09. The maximum Gasteiger partial charge on any atom is 0.264 e. The van der Waals surface area contributed by atoms with E-state index in [2.05, 4.69) is 5.32 Å². The lowest BCUT2D eigenvalue weighted by Gasteiger charge is -2.32. The second-order valence-electron chi connectivity index (χ2n) is 10.4. The number of anilines is 1. The number of nitrogens with one attached hydrogen (secondary N) is 1. The zero-order valence-corrected chi connectivity index (χ0v) is 24.5. The van der Waals surface area contributed by atoms with Crippen LogP contribution in [-0.2, 0) is 26.2 Å². The fraction of sp³-hybridized carbons (Fsp3) is 0.355. The molecule has 3 aromatic rings. The van der Waals surface area contributed by atoms with Gasteiger partial charge in [-0.2, -0.15) is 0 Å². The van der Waals surface area contributed by atoms with Gasteiger partial charge in [-0.3, -0.25) is 13.9 Å². The largest absolute Gasteiger partial charge is 0.354 e. The van der Waals surface area contributed by atoms with Gasteiger partial charge in [0.1, 0.15) is 12.6 Å². The van der Waals surface area contributed by atoms with Gasteiger partial charge in [-0.1, -0.05) is 74.0 Å². The van der Waals surface area contributed by atoms with Gasteiger partial charge in [0.2, 0.25) is 11.8 Å². The quantitative estimate of drug-likeness (QED) is 0.365. The molecule has 0 heterocycles. The number of carbonyl (C=O) groups is 2. The van der Waals surface area contributed by atoms with Gasteiger partial charge in [-0.15, -0.1) is 0 Å². The summed E-state index contributed by atoms with van der Waals surface area (Å²) in [6.07, 6.45) is 0. The molecule has 0 aliphatic carbocycles. The first-order valence-corrected chi connectivity index (χ1v) is 14.6. The predicted octanol–water partition coefficient (Wildman–Crippen LogP) is 5.00. The van der Waals surface area contributed by atoms with Crippen molar-refractivity contribution in [2.24, 2.45) is 5.92 Å². The van der Waals surface area contributed by atoms with Gasteiger partial charge in [0.25, 0.3) is 10.0 Å². The molecule has 0 aromatic heterocycles. The molecule has 0 aliphatic heterocycles. The van der Waals surface area contributed by atoms with Gasteiger partial charge in [-0.05, 0) is 68.5 Å². The van der Waals surface area contributed by atoms with Crippen LogP contribution in [0, 0.1) is 26.7 Å². The number of aryl methyl sites for hydroxylation is 3. The Balaban J connectivity index is 2.04. The van der Waals surface area contributed by atoms with E-state index in [0.29, 0.717) is 12.2 Å². The van der Waals surface area contributed by atoms with Gasteiger partial charge in [0, 0.05) is 13.1 Å². The van der Waals surface area contributed by atoms with Crippen molar-refractivity contribution in [1.82, 2.24) is 10.2 Å². The third-order valence-corrected chi connectivity index (χ3v) is 8.34. The molecule has 0 radical (unpaired) electrons. The van der Waals surface area contributed by atoms with Crippen LogP contribution >= 0.6 is 0 Å². The van der Waals surface area contributed by atoms with E-state index < -0.39 is 28.5 Å². The molecule has 39 heavy (non-hydrogen) atoms. The highest BCUT2D eigenvalue weighted by atomic mass is 32.2. The Morgan fingerprint density at radius 1 is 0.846 bits per heavy atom. The molecule has 7 nitrogen and oxygen atoms in total. The summed E-state index contributed by atoms with van der Waals surface area (Å²) in [5, 5.41) is 2.90. The fourth-order valence-electron chi connectivity index (χ4n) is 4.15. The van der Waals surface area contributed by atoms with Crippen molar-refractivity contribution in [2.75, 3.05) is 17.4 Å². The summed E-state index contributed by atoms with van der Waals surface area (Å²) in [5.41, 5.74) is 3.80. The average molecular weight is 550 g/mol. The number of benzene rings is 3. The second-order valence-corrected chi connectivity index (χ2v) is 12.3. The lowest BCUT2D eigenvalue weighted by molar-refractivity contribution is -0.139. The third kappa shape index (κ3) is 7.69. The maximum absolute atomic E-state index is 14.0. The number of rotatable bonds is 11. The molecule has 0 saturated heterocycles. The summed E-state index contributed by atoms with van der Waals surface area (Å²) < 4.78 is 29.1. The van der Waals surface area contributed by atoms with Crippen LogP contribution in [0.25, 0.3) is 0 Å². The molecule has 8 heteroatoms.